The molecule has 2 aliphatic rings. The normalized spacial score (nSPS) is 35.6. The largest absolute Gasteiger partial charge is 0.506 e. The minimum atomic E-state index is -1.75. The number of aliphatic hydroxyl groups is 7. The molecule has 3 aromatic rings. The average molecular weight is 556 g/mol. The summed E-state index contributed by atoms with van der Waals surface area (Å²) in [5.74, 6) is -0.314. The van der Waals surface area contributed by atoms with Crippen LogP contribution in [0.3, 0.4) is 0 Å². The summed E-state index contributed by atoms with van der Waals surface area (Å²) in [6.45, 7) is -1.63. The van der Waals surface area contributed by atoms with Gasteiger partial charge in [-0.2, -0.15) is 0 Å². The van der Waals surface area contributed by atoms with Crippen molar-refractivity contribution in [1.82, 2.24) is 0 Å². The first-order chi connectivity index (χ1) is 18.6. The lowest BCUT2D eigenvalue weighted by Gasteiger charge is -2.42. The first-order valence-corrected chi connectivity index (χ1v) is 12.0. The maximum Gasteiger partial charge on any atom is 0.196 e. The van der Waals surface area contributed by atoms with Gasteiger partial charge in [0.1, 0.15) is 83.5 Å². The van der Waals surface area contributed by atoms with Gasteiger partial charge in [0.2, 0.25) is 0 Å². The van der Waals surface area contributed by atoms with Crippen LogP contribution in [0.15, 0.2) is 38.1 Å². The van der Waals surface area contributed by atoms with E-state index in [1.54, 1.807) is 0 Å². The van der Waals surface area contributed by atoms with Crippen molar-refractivity contribution in [1.29, 1.82) is 0 Å². The van der Waals surface area contributed by atoms with Crippen molar-refractivity contribution < 1.29 is 68.6 Å². The van der Waals surface area contributed by atoms with Crippen LogP contribution < -0.4 is 5.43 Å². The molecule has 0 unspecified atom stereocenters. The Morgan fingerprint density at radius 3 is 2.13 bits per heavy atom. The van der Waals surface area contributed by atoms with E-state index in [-0.39, 0.29) is 28.1 Å². The highest BCUT2D eigenvalue weighted by Gasteiger charge is 2.47. The smallest absolute Gasteiger partial charge is 0.196 e. The summed E-state index contributed by atoms with van der Waals surface area (Å²) in [4.78, 5) is 12.6. The molecule has 2 fully saturated rings. The Morgan fingerprint density at radius 1 is 0.795 bits per heavy atom. The van der Waals surface area contributed by atoms with Gasteiger partial charge in [-0.15, -0.1) is 0 Å². The second kappa shape index (κ2) is 11.1. The fraction of sp³-hybridized carbons (Fsp3) is 0.542. The lowest BCUT2D eigenvalue weighted by atomic mass is 9.98. The first-order valence-electron chi connectivity index (χ1n) is 12.0. The zero-order valence-electron chi connectivity index (χ0n) is 20.1. The molecule has 1 aromatic carbocycles. The van der Waals surface area contributed by atoms with Crippen molar-refractivity contribution in [3.63, 3.8) is 0 Å². The Hall–Kier alpha value is -2.67. The number of aromatic hydroxyl groups is 1. The van der Waals surface area contributed by atoms with Gasteiger partial charge in [0, 0.05) is 12.1 Å². The molecule has 0 aliphatic carbocycles. The lowest BCUT2D eigenvalue weighted by Crippen LogP contribution is -2.61. The molecule has 0 saturated carbocycles. The number of benzene rings is 1. The minimum Gasteiger partial charge on any atom is -0.506 e. The molecule has 5 rings (SSSR count). The third-order valence-corrected chi connectivity index (χ3v) is 6.81. The highest BCUT2D eigenvalue weighted by atomic mass is 16.7. The maximum atomic E-state index is 12.6. The summed E-state index contributed by atoms with van der Waals surface area (Å²) in [5, 5.41) is 80.9. The van der Waals surface area contributed by atoms with Crippen molar-refractivity contribution in [3.05, 3.63) is 40.4 Å². The standard InChI is InChI=1S/C24H28O15/c25-5-13-17(28)19(30)21(32)24(38-13)36-7-14-18(29)20(31)22(33)23(39-14)35-6-8-3-10(26)15-12(37-8)4-11-9(16(15)27)1-2-34-11/h1-4,13-14,17-25,27-33H,5-7H2/t13-,14-,17-,18-,19+,20+,21-,22-,23-,24-/m1/s1. The summed E-state index contributed by atoms with van der Waals surface area (Å²) in [6, 6.07) is 4.00. The molecule has 0 radical (unpaired) electrons. The molecular weight excluding hydrogens is 528 g/mol. The van der Waals surface area contributed by atoms with Crippen molar-refractivity contribution >= 4 is 21.9 Å². The van der Waals surface area contributed by atoms with Crippen LogP contribution in [0.4, 0.5) is 0 Å². The van der Waals surface area contributed by atoms with E-state index in [2.05, 4.69) is 0 Å². The van der Waals surface area contributed by atoms with E-state index < -0.39 is 86.7 Å². The Labute approximate surface area is 218 Å². The summed E-state index contributed by atoms with van der Waals surface area (Å²) in [5.41, 5.74) is -0.263. The van der Waals surface area contributed by atoms with E-state index in [4.69, 9.17) is 27.8 Å². The van der Waals surface area contributed by atoms with Gasteiger partial charge in [-0.3, -0.25) is 4.79 Å². The molecule has 2 aliphatic heterocycles. The second-order valence-electron chi connectivity index (χ2n) is 9.36. The van der Waals surface area contributed by atoms with Crippen LogP contribution in [0.2, 0.25) is 0 Å². The van der Waals surface area contributed by atoms with Gasteiger partial charge in [-0.1, -0.05) is 0 Å². The molecule has 0 amide bonds. The van der Waals surface area contributed by atoms with Gasteiger partial charge in [-0.05, 0) is 6.07 Å². The Morgan fingerprint density at radius 2 is 1.44 bits per heavy atom. The molecule has 214 valence electrons. The third-order valence-electron chi connectivity index (χ3n) is 6.81. The summed E-state index contributed by atoms with van der Waals surface area (Å²) in [6.07, 6.45) is -14.4. The number of phenolic OH excluding ortho intramolecular Hbond substituents is 1. The number of phenols is 1. The molecule has 8 N–H and O–H groups in total. The number of aliphatic hydroxyl groups excluding tert-OH is 7. The van der Waals surface area contributed by atoms with E-state index in [9.17, 15) is 45.6 Å². The SMILES string of the molecule is O=c1cc(CO[C@@H]2O[C@H](CO[C@@H]3O[C@H](CO)[C@@H](O)[C@H](O)[C@H]3O)[C@@H](O)[C@H](O)[C@H]2O)oc2cc3occc3c(O)c12. The fourth-order valence-electron chi connectivity index (χ4n) is 4.60. The van der Waals surface area contributed by atoms with Crippen LogP contribution in [0, 0.1) is 0 Å². The Balaban J connectivity index is 1.27. The van der Waals surface area contributed by atoms with Crippen LogP contribution >= 0.6 is 0 Å². The zero-order chi connectivity index (χ0) is 28.0. The average Bonchev–Trinajstić information content (AvgIpc) is 3.39. The van der Waals surface area contributed by atoms with Crippen molar-refractivity contribution in [3.8, 4) is 5.75 Å². The number of hydrogen-bond donors (Lipinski definition) is 8. The minimum absolute atomic E-state index is 0.0108. The number of hydrogen-bond acceptors (Lipinski definition) is 15. The third kappa shape index (κ3) is 5.15. The van der Waals surface area contributed by atoms with Gasteiger partial charge in [0.25, 0.3) is 0 Å². The predicted molar refractivity (Wildman–Crippen MR) is 125 cm³/mol. The van der Waals surface area contributed by atoms with Crippen molar-refractivity contribution in [2.45, 2.75) is 68.0 Å². The van der Waals surface area contributed by atoms with Crippen LogP contribution in [-0.4, -0.2) is 115 Å². The highest BCUT2D eigenvalue weighted by molar-refractivity contribution is 6.00. The van der Waals surface area contributed by atoms with Gasteiger partial charge >= 0.3 is 0 Å². The monoisotopic (exact) mass is 556 g/mol. The van der Waals surface area contributed by atoms with E-state index >= 15 is 0 Å². The topological polar surface area (TPSA) is 242 Å². The number of furan rings is 1. The number of ether oxygens (including phenoxy) is 4. The predicted octanol–water partition coefficient (Wildman–Crippen LogP) is -2.61. The highest BCUT2D eigenvalue weighted by Crippen LogP contribution is 2.33. The van der Waals surface area contributed by atoms with Gasteiger partial charge in [0.05, 0.1) is 24.9 Å². The number of fused-ring (bicyclic) bond motifs is 2. The van der Waals surface area contributed by atoms with Crippen molar-refractivity contribution in [2.75, 3.05) is 13.2 Å². The quantitative estimate of drug-likeness (QED) is 0.149. The van der Waals surface area contributed by atoms with E-state index in [0.29, 0.717) is 5.39 Å². The summed E-state index contributed by atoms with van der Waals surface area (Å²) < 4.78 is 32.6. The first kappa shape index (κ1) is 27.9. The van der Waals surface area contributed by atoms with Gasteiger partial charge in [-0.25, -0.2) is 0 Å². The van der Waals surface area contributed by atoms with Gasteiger partial charge < -0.3 is 68.6 Å². The van der Waals surface area contributed by atoms with E-state index in [0.717, 1.165) is 6.07 Å². The van der Waals surface area contributed by atoms with Crippen molar-refractivity contribution in [2.24, 2.45) is 0 Å². The Kier molecular flexibility index (Phi) is 7.91. The van der Waals surface area contributed by atoms with Crippen LogP contribution in [0.1, 0.15) is 5.76 Å². The molecular formula is C24H28O15. The molecule has 2 aromatic heterocycles. The maximum absolute atomic E-state index is 12.6. The summed E-state index contributed by atoms with van der Waals surface area (Å²) >= 11 is 0. The molecule has 0 bridgehead atoms. The summed E-state index contributed by atoms with van der Waals surface area (Å²) in [7, 11) is 0. The van der Waals surface area contributed by atoms with E-state index in [1.165, 1.54) is 18.4 Å². The molecule has 4 heterocycles. The molecule has 2 saturated heterocycles. The van der Waals surface area contributed by atoms with Crippen LogP contribution in [0.25, 0.3) is 21.9 Å². The lowest BCUT2D eigenvalue weighted by molar-refractivity contribution is -0.332. The Bertz CT molecular complexity index is 1350. The van der Waals surface area contributed by atoms with Crippen LogP contribution in [0.5, 0.6) is 5.75 Å². The van der Waals surface area contributed by atoms with E-state index in [1.807, 2.05) is 0 Å². The molecule has 0 spiro atoms. The number of rotatable bonds is 7. The molecule has 15 heteroatoms. The molecule has 39 heavy (non-hydrogen) atoms. The van der Waals surface area contributed by atoms with Crippen LogP contribution in [-0.2, 0) is 25.6 Å². The fourth-order valence-corrected chi connectivity index (χ4v) is 4.60. The van der Waals surface area contributed by atoms with Gasteiger partial charge in [0.15, 0.2) is 18.0 Å². The zero-order valence-corrected chi connectivity index (χ0v) is 20.1. The molecule has 15 nitrogen and oxygen atoms in total. The second-order valence-corrected chi connectivity index (χ2v) is 9.36. The molecule has 10 atom stereocenters.